The van der Waals surface area contributed by atoms with E-state index in [1.807, 2.05) is 12.3 Å². The molecule has 2 aliphatic heterocycles. The number of aromatic nitrogens is 1. The number of rotatable bonds is 2. The first-order chi connectivity index (χ1) is 15.8. The number of aliphatic hydroxyl groups is 1. The topological polar surface area (TPSA) is 48.4 Å². The van der Waals surface area contributed by atoms with Gasteiger partial charge in [-0.15, -0.1) is 0 Å². The van der Waals surface area contributed by atoms with Crippen molar-refractivity contribution in [1.82, 2.24) is 15.2 Å². The maximum absolute atomic E-state index is 16.2. The minimum Gasteiger partial charge on any atom is -0.368 e. The van der Waals surface area contributed by atoms with E-state index in [9.17, 15) is 5.11 Å². The lowest BCUT2D eigenvalue weighted by atomic mass is 9.64. The van der Waals surface area contributed by atoms with Gasteiger partial charge in [-0.25, -0.2) is 4.39 Å². The number of benzene rings is 1. The number of hydrogen-bond acceptors (Lipinski definition) is 4. The standard InChI is InChI=1S/C28H32FN3O/c1-26(2)5-3-18-12-23(29)28(33,32-8-6-27(16-32)14-30-15-27)24(22(18)13-26)20-4-7-31-25-19-9-17(10-19)11-21(20)25/h4,7,9,11-12,24,30,33H,3,5-6,8,10,13-16H2,1-2H3. The van der Waals surface area contributed by atoms with Crippen LogP contribution in [0.25, 0.3) is 10.9 Å². The molecular formula is C28H32FN3O. The molecule has 1 aromatic heterocycles. The maximum Gasteiger partial charge on any atom is 0.182 e. The molecule has 2 fully saturated rings. The molecule has 2 atom stereocenters. The Morgan fingerprint density at radius 1 is 1.21 bits per heavy atom. The molecule has 3 heterocycles. The molecule has 1 spiro atoms. The fourth-order valence-electron chi connectivity index (χ4n) is 7.17. The van der Waals surface area contributed by atoms with Crippen molar-refractivity contribution in [3.63, 3.8) is 0 Å². The third-order valence-corrected chi connectivity index (χ3v) is 9.20. The van der Waals surface area contributed by atoms with Crippen LogP contribution in [-0.4, -0.2) is 46.9 Å². The summed E-state index contributed by atoms with van der Waals surface area (Å²) in [5.41, 5.74) is 5.60. The van der Waals surface area contributed by atoms with Crippen molar-refractivity contribution in [3.05, 3.63) is 64.1 Å². The molecule has 0 saturated carbocycles. The SMILES string of the molecule is CC1(C)CCC2=C(C1)C(c1ccnc3c4cc(cc13)C4)C(O)(N1CCC3(CNC3)C1)C(F)=C2. The molecule has 2 unspecified atom stereocenters. The minimum atomic E-state index is -1.64. The number of nitrogens with one attached hydrogen (secondary N) is 1. The second-order valence-corrected chi connectivity index (χ2v) is 12.0. The zero-order chi connectivity index (χ0) is 22.6. The van der Waals surface area contributed by atoms with Crippen LogP contribution in [0.4, 0.5) is 4.39 Å². The molecule has 5 heteroatoms. The van der Waals surface area contributed by atoms with Gasteiger partial charge in [0, 0.05) is 43.2 Å². The van der Waals surface area contributed by atoms with Gasteiger partial charge in [0.25, 0.3) is 0 Å². The Hall–Kier alpha value is -2.08. The lowest BCUT2D eigenvalue weighted by Crippen LogP contribution is -2.59. The van der Waals surface area contributed by atoms with E-state index in [4.69, 9.17) is 4.98 Å². The van der Waals surface area contributed by atoms with E-state index < -0.39 is 11.6 Å². The zero-order valence-electron chi connectivity index (χ0n) is 19.5. The highest BCUT2D eigenvalue weighted by Gasteiger charge is 2.57. The van der Waals surface area contributed by atoms with Crippen LogP contribution in [0.15, 0.2) is 47.4 Å². The van der Waals surface area contributed by atoms with Crippen LogP contribution in [0.3, 0.4) is 0 Å². The zero-order valence-corrected chi connectivity index (χ0v) is 19.5. The molecular weight excluding hydrogens is 413 g/mol. The van der Waals surface area contributed by atoms with Crippen molar-refractivity contribution in [3.8, 4) is 0 Å². The lowest BCUT2D eigenvalue weighted by Gasteiger charge is -2.50. The Morgan fingerprint density at radius 2 is 2.03 bits per heavy atom. The van der Waals surface area contributed by atoms with Gasteiger partial charge in [-0.3, -0.25) is 9.88 Å². The highest BCUT2D eigenvalue weighted by Crippen LogP contribution is 2.56. The summed E-state index contributed by atoms with van der Waals surface area (Å²) in [6, 6.07) is 6.46. The highest BCUT2D eigenvalue weighted by atomic mass is 19.1. The average molecular weight is 446 g/mol. The quantitative estimate of drug-likeness (QED) is 0.606. The Kier molecular flexibility index (Phi) is 4.02. The van der Waals surface area contributed by atoms with Crippen LogP contribution in [0.2, 0.25) is 0 Å². The summed E-state index contributed by atoms with van der Waals surface area (Å²) >= 11 is 0. The predicted octanol–water partition coefficient (Wildman–Crippen LogP) is 4.58. The van der Waals surface area contributed by atoms with Crippen LogP contribution in [0.1, 0.15) is 62.1 Å². The van der Waals surface area contributed by atoms with E-state index in [-0.39, 0.29) is 16.7 Å². The summed E-state index contributed by atoms with van der Waals surface area (Å²) in [6.07, 6.45) is 8.31. The van der Waals surface area contributed by atoms with E-state index in [2.05, 4.69) is 36.2 Å². The van der Waals surface area contributed by atoms with E-state index in [0.717, 1.165) is 80.3 Å². The number of halogens is 1. The van der Waals surface area contributed by atoms with Gasteiger partial charge in [-0.1, -0.05) is 25.5 Å². The monoisotopic (exact) mass is 445 g/mol. The van der Waals surface area contributed by atoms with Gasteiger partial charge in [-0.05, 0) is 78.0 Å². The molecule has 172 valence electrons. The normalized spacial score (nSPS) is 31.9. The smallest absolute Gasteiger partial charge is 0.182 e. The maximum atomic E-state index is 16.2. The van der Waals surface area contributed by atoms with Crippen LogP contribution >= 0.6 is 0 Å². The second kappa shape index (κ2) is 6.53. The Bertz CT molecular complexity index is 1260. The molecule has 2 N–H and O–H groups in total. The number of allylic oxidation sites excluding steroid dienone is 2. The fourth-order valence-corrected chi connectivity index (χ4v) is 7.17. The van der Waals surface area contributed by atoms with Gasteiger partial charge < -0.3 is 10.4 Å². The summed E-state index contributed by atoms with van der Waals surface area (Å²) in [5, 5.41) is 16.9. The van der Waals surface area contributed by atoms with Gasteiger partial charge in [0.15, 0.2) is 5.72 Å². The molecule has 2 bridgehead atoms. The third-order valence-electron chi connectivity index (χ3n) is 9.20. The molecule has 4 aliphatic carbocycles. The summed E-state index contributed by atoms with van der Waals surface area (Å²) < 4.78 is 16.2. The average Bonchev–Trinajstić information content (AvgIpc) is 3.21. The number of likely N-dealkylation sites (tertiary alicyclic amines) is 1. The van der Waals surface area contributed by atoms with Crippen LogP contribution < -0.4 is 5.32 Å². The Balaban J connectivity index is 1.43. The summed E-state index contributed by atoms with van der Waals surface area (Å²) in [5.74, 6) is -0.791. The summed E-state index contributed by atoms with van der Waals surface area (Å²) in [6.45, 7) is 7.98. The molecule has 2 aromatic rings. The first-order valence-electron chi connectivity index (χ1n) is 12.5. The van der Waals surface area contributed by atoms with Gasteiger partial charge in [0.2, 0.25) is 0 Å². The lowest BCUT2D eigenvalue weighted by molar-refractivity contribution is -0.103. The molecule has 8 rings (SSSR count). The molecule has 1 aromatic carbocycles. The van der Waals surface area contributed by atoms with Crippen LogP contribution in [0, 0.1) is 10.8 Å². The largest absolute Gasteiger partial charge is 0.368 e. The second-order valence-electron chi connectivity index (χ2n) is 12.0. The van der Waals surface area contributed by atoms with Gasteiger partial charge in [0.1, 0.15) is 5.83 Å². The summed E-state index contributed by atoms with van der Waals surface area (Å²) in [4.78, 5) is 6.75. The number of hydrogen-bond donors (Lipinski definition) is 2. The minimum absolute atomic E-state index is 0.139. The number of pyridine rings is 1. The molecule has 33 heavy (non-hydrogen) atoms. The third kappa shape index (κ3) is 2.76. The van der Waals surface area contributed by atoms with E-state index in [0.29, 0.717) is 0 Å². The number of nitrogens with zero attached hydrogens (tertiary/aromatic N) is 2. The van der Waals surface area contributed by atoms with Gasteiger partial charge in [-0.2, -0.15) is 0 Å². The first kappa shape index (κ1) is 20.3. The molecule has 0 amide bonds. The molecule has 6 aliphatic rings. The van der Waals surface area contributed by atoms with Crippen LogP contribution in [-0.2, 0) is 6.42 Å². The molecule has 2 saturated heterocycles. The van der Waals surface area contributed by atoms with E-state index in [1.165, 1.54) is 16.7 Å². The van der Waals surface area contributed by atoms with Crippen molar-refractivity contribution in [2.45, 2.75) is 57.6 Å². The van der Waals surface area contributed by atoms with Crippen molar-refractivity contribution in [2.24, 2.45) is 10.8 Å². The Labute approximate surface area is 194 Å². The van der Waals surface area contributed by atoms with Gasteiger partial charge in [0.05, 0.1) is 11.4 Å². The molecule has 0 radical (unpaired) electrons. The van der Waals surface area contributed by atoms with Crippen molar-refractivity contribution < 1.29 is 9.50 Å². The van der Waals surface area contributed by atoms with Crippen LogP contribution in [0.5, 0.6) is 0 Å². The van der Waals surface area contributed by atoms with Gasteiger partial charge >= 0.3 is 0 Å². The predicted molar refractivity (Wildman–Crippen MR) is 128 cm³/mol. The highest BCUT2D eigenvalue weighted by molar-refractivity contribution is 5.90. The summed E-state index contributed by atoms with van der Waals surface area (Å²) in [7, 11) is 0. The van der Waals surface area contributed by atoms with Crippen molar-refractivity contribution in [1.29, 1.82) is 0 Å². The Morgan fingerprint density at radius 3 is 2.76 bits per heavy atom. The molecule has 4 nitrogen and oxygen atoms in total. The fraction of sp³-hybridized carbons (Fsp3) is 0.536. The van der Waals surface area contributed by atoms with E-state index in [1.54, 1.807) is 6.08 Å². The van der Waals surface area contributed by atoms with E-state index >= 15 is 4.39 Å². The van der Waals surface area contributed by atoms with Crippen molar-refractivity contribution >= 4 is 10.9 Å². The first-order valence-corrected chi connectivity index (χ1v) is 12.5. The van der Waals surface area contributed by atoms with Crippen molar-refractivity contribution in [2.75, 3.05) is 26.2 Å².